The Hall–Kier alpha value is -1.94. The topological polar surface area (TPSA) is 237 Å². The Morgan fingerprint density at radius 3 is 0.724 bits per heavy atom. The Morgan fingerprint density at radius 2 is 0.490 bits per heavy atom. The van der Waals surface area contributed by atoms with Crippen LogP contribution in [0.5, 0.6) is 0 Å². The number of aliphatic hydroxyl groups is 1. The number of hydrogen-bond donors (Lipinski definition) is 3. The van der Waals surface area contributed by atoms with Gasteiger partial charge in [0.15, 0.2) is 12.2 Å². The van der Waals surface area contributed by atoms with Crippen molar-refractivity contribution in [3.63, 3.8) is 0 Å². The second-order valence-corrected chi connectivity index (χ2v) is 33.0. The summed E-state index contributed by atoms with van der Waals surface area (Å²) in [5.41, 5.74) is 0. The number of ether oxygens (including phenoxy) is 4. The smallest absolute Gasteiger partial charge is 0.462 e. The van der Waals surface area contributed by atoms with Crippen LogP contribution in [0.1, 0.15) is 402 Å². The number of unbranched alkanes of at least 4 members (excludes halogenated alkanes) is 41. The standard InChI is InChI=1S/C79H154O17P2/c1-9-72(8)58-50-42-34-25-21-16-14-12-10-11-13-15-17-23-27-36-45-53-61-78(83)95-75(66-90-77(82)60-52-44-38-30-33-41-49-57-71(6)7)68-94-98(87,88)92-64-73(80)63-91-97(85,86)93-67-74(96-79(84)62-54-46-37-29-28-32-40-48-56-70(4)5)65-89-76(81)59-51-43-35-26-22-19-18-20-24-31-39-47-55-69(2)3/h69-75,80H,9-68H2,1-8H3,(H,85,86)(H,87,88)/t72?,73?,74-,75-/m1/s1. The number of esters is 4. The quantitative estimate of drug-likeness (QED) is 0.0222. The molecule has 582 valence electrons. The fourth-order valence-corrected chi connectivity index (χ4v) is 13.6. The highest BCUT2D eigenvalue weighted by Gasteiger charge is 2.30. The van der Waals surface area contributed by atoms with Crippen molar-refractivity contribution < 1.29 is 80.2 Å². The third kappa shape index (κ3) is 71.1. The van der Waals surface area contributed by atoms with Crippen LogP contribution in [0.2, 0.25) is 0 Å². The molecule has 0 amide bonds. The molecule has 4 unspecified atom stereocenters. The molecular formula is C79H154O17P2. The largest absolute Gasteiger partial charge is 0.472 e. The van der Waals surface area contributed by atoms with Crippen LogP contribution in [0.15, 0.2) is 0 Å². The van der Waals surface area contributed by atoms with Crippen molar-refractivity contribution >= 4 is 39.5 Å². The van der Waals surface area contributed by atoms with Crippen LogP contribution < -0.4 is 0 Å². The maximum Gasteiger partial charge on any atom is 0.472 e. The van der Waals surface area contributed by atoms with E-state index in [0.717, 1.165) is 114 Å². The van der Waals surface area contributed by atoms with Crippen LogP contribution in [0.25, 0.3) is 0 Å². The molecule has 0 fully saturated rings. The van der Waals surface area contributed by atoms with E-state index in [4.69, 9.17) is 37.0 Å². The molecule has 0 bridgehead atoms. The highest BCUT2D eigenvalue weighted by atomic mass is 31.2. The van der Waals surface area contributed by atoms with Crippen molar-refractivity contribution in [1.82, 2.24) is 0 Å². The third-order valence-corrected chi connectivity index (χ3v) is 20.6. The lowest BCUT2D eigenvalue weighted by Gasteiger charge is -2.21. The summed E-state index contributed by atoms with van der Waals surface area (Å²) in [4.78, 5) is 72.9. The maximum atomic E-state index is 13.1. The number of aliphatic hydroxyl groups excluding tert-OH is 1. The summed E-state index contributed by atoms with van der Waals surface area (Å²) in [7, 11) is -9.92. The fourth-order valence-electron chi connectivity index (χ4n) is 12.0. The molecule has 0 aliphatic carbocycles. The van der Waals surface area contributed by atoms with Crippen LogP contribution in [0.3, 0.4) is 0 Å². The zero-order valence-electron chi connectivity index (χ0n) is 64.4. The Morgan fingerprint density at radius 1 is 0.286 bits per heavy atom. The Bertz CT molecular complexity index is 1920. The van der Waals surface area contributed by atoms with Crippen molar-refractivity contribution in [2.24, 2.45) is 23.7 Å². The lowest BCUT2D eigenvalue weighted by molar-refractivity contribution is -0.161. The summed E-state index contributed by atoms with van der Waals surface area (Å²) < 4.78 is 68.6. The molecule has 0 heterocycles. The first-order valence-corrected chi connectivity index (χ1v) is 43.7. The van der Waals surface area contributed by atoms with E-state index in [0.29, 0.717) is 31.6 Å². The lowest BCUT2D eigenvalue weighted by atomic mass is 9.99. The van der Waals surface area contributed by atoms with Gasteiger partial charge in [-0.05, 0) is 49.4 Å². The van der Waals surface area contributed by atoms with Crippen LogP contribution in [-0.4, -0.2) is 96.7 Å². The predicted octanol–water partition coefficient (Wildman–Crippen LogP) is 23.2. The molecular weight excluding hydrogens is 1280 g/mol. The Balaban J connectivity index is 5.17. The highest BCUT2D eigenvalue weighted by Crippen LogP contribution is 2.45. The molecule has 0 saturated heterocycles. The number of phosphoric ester groups is 2. The van der Waals surface area contributed by atoms with Crippen LogP contribution >= 0.6 is 15.6 Å². The lowest BCUT2D eigenvalue weighted by Crippen LogP contribution is -2.30. The summed E-state index contributed by atoms with van der Waals surface area (Å²) in [5.74, 6) is 0.956. The van der Waals surface area contributed by atoms with Gasteiger partial charge >= 0.3 is 39.5 Å². The second kappa shape index (κ2) is 68.2. The van der Waals surface area contributed by atoms with Gasteiger partial charge in [0.05, 0.1) is 26.4 Å². The van der Waals surface area contributed by atoms with E-state index in [9.17, 15) is 43.2 Å². The monoisotopic (exact) mass is 1440 g/mol. The first-order chi connectivity index (χ1) is 47.1. The average molecular weight is 1440 g/mol. The first kappa shape index (κ1) is 96.1. The molecule has 6 atom stereocenters. The number of rotatable bonds is 76. The van der Waals surface area contributed by atoms with E-state index in [1.807, 2.05) is 0 Å². The summed E-state index contributed by atoms with van der Waals surface area (Å²) in [6.07, 6.45) is 54.3. The van der Waals surface area contributed by atoms with Gasteiger partial charge in [0.1, 0.15) is 19.3 Å². The molecule has 0 saturated carbocycles. The van der Waals surface area contributed by atoms with Crippen molar-refractivity contribution in [3.8, 4) is 0 Å². The van der Waals surface area contributed by atoms with E-state index in [-0.39, 0.29) is 25.7 Å². The molecule has 0 aromatic heterocycles. The highest BCUT2D eigenvalue weighted by molar-refractivity contribution is 7.47. The maximum absolute atomic E-state index is 13.1. The van der Waals surface area contributed by atoms with Gasteiger partial charge in [-0.3, -0.25) is 37.3 Å². The van der Waals surface area contributed by atoms with Gasteiger partial charge in [0, 0.05) is 25.7 Å². The summed E-state index contributed by atoms with van der Waals surface area (Å²) >= 11 is 0. The molecule has 17 nitrogen and oxygen atoms in total. The summed E-state index contributed by atoms with van der Waals surface area (Å²) in [6.45, 7) is 14.2. The number of phosphoric acid groups is 2. The molecule has 0 rings (SSSR count). The summed E-state index contributed by atoms with van der Waals surface area (Å²) in [5, 5.41) is 10.6. The van der Waals surface area contributed by atoms with E-state index < -0.39 is 97.5 Å². The van der Waals surface area contributed by atoms with E-state index in [1.165, 1.54) is 199 Å². The molecule has 19 heteroatoms. The van der Waals surface area contributed by atoms with Crippen molar-refractivity contribution in [3.05, 3.63) is 0 Å². The van der Waals surface area contributed by atoms with Gasteiger partial charge < -0.3 is 33.8 Å². The molecule has 0 spiro atoms. The summed E-state index contributed by atoms with van der Waals surface area (Å²) in [6, 6.07) is 0. The van der Waals surface area contributed by atoms with Gasteiger partial charge in [-0.2, -0.15) is 0 Å². The number of carbonyl (C=O) groups is 4. The Kier molecular flexibility index (Phi) is 66.8. The van der Waals surface area contributed by atoms with Crippen molar-refractivity contribution in [2.75, 3.05) is 39.6 Å². The second-order valence-electron chi connectivity index (χ2n) is 30.1. The normalized spacial score (nSPS) is 14.3. The molecule has 0 aliphatic heterocycles. The van der Waals surface area contributed by atoms with Crippen LogP contribution in [0.4, 0.5) is 0 Å². The molecule has 0 aliphatic rings. The molecule has 98 heavy (non-hydrogen) atoms. The fraction of sp³-hybridized carbons (Fsp3) is 0.949. The molecule has 0 aromatic rings. The zero-order chi connectivity index (χ0) is 72.4. The first-order valence-electron chi connectivity index (χ1n) is 40.7. The average Bonchev–Trinajstić information content (AvgIpc) is 1.02. The van der Waals surface area contributed by atoms with Gasteiger partial charge in [-0.15, -0.1) is 0 Å². The van der Waals surface area contributed by atoms with E-state index in [2.05, 4.69) is 55.4 Å². The third-order valence-electron chi connectivity index (χ3n) is 18.7. The van der Waals surface area contributed by atoms with Gasteiger partial charge in [-0.1, -0.05) is 351 Å². The van der Waals surface area contributed by atoms with Crippen LogP contribution in [0, 0.1) is 23.7 Å². The number of hydrogen-bond acceptors (Lipinski definition) is 15. The molecule has 3 N–H and O–H groups in total. The number of carbonyl (C=O) groups excluding carboxylic acids is 4. The van der Waals surface area contributed by atoms with Gasteiger partial charge in [0.2, 0.25) is 0 Å². The van der Waals surface area contributed by atoms with E-state index in [1.54, 1.807) is 0 Å². The zero-order valence-corrected chi connectivity index (χ0v) is 66.2. The van der Waals surface area contributed by atoms with Crippen LogP contribution in [-0.2, 0) is 65.4 Å². The van der Waals surface area contributed by atoms with E-state index >= 15 is 0 Å². The SMILES string of the molecule is CCC(C)CCCCCCCCCCCCCCCCCCCCC(=O)O[C@H](COC(=O)CCCCCCCCCC(C)C)COP(=O)(O)OCC(O)COP(=O)(O)OC[C@@H](COC(=O)CCCCCCCCCCCCCCC(C)C)OC(=O)CCCCCCCCCCC(C)C. The van der Waals surface area contributed by atoms with Gasteiger partial charge in [0.25, 0.3) is 0 Å². The Labute approximate surface area is 600 Å². The minimum atomic E-state index is -4.96. The van der Waals surface area contributed by atoms with Crippen molar-refractivity contribution in [2.45, 2.75) is 420 Å². The minimum Gasteiger partial charge on any atom is -0.462 e. The molecule has 0 aromatic carbocycles. The van der Waals surface area contributed by atoms with Crippen molar-refractivity contribution in [1.29, 1.82) is 0 Å². The predicted molar refractivity (Wildman–Crippen MR) is 400 cm³/mol. The van der Waals surface area contributed by atoms with Gasteiger partial charge in [-0.25, -0.2) is 9.13 Å². The minimum absolute atomic E-state index is 0.104. The molecule has 0 radical (unpaired) electrons.